The van der Waals surface area contributed by atoms with Gasteiger partial charge < -0.3 is 9.15 Å². The summed E-state index contributed by atoms with van der Waals surface area (Å²) in [7, 11) is 0. The average Bonchev–Trinajstić information content (AvgIpc) is 3.12. The van der Waals surface area contributed by atoms with Gasteiger partial charge in [0.25, 0.3) is 0 Å². The van der Waals surface area contributed by atoms with Gasteiger partial charge in [-0.25, -0.2) is 15.0 Å². The summed E-state index contributed by atoms with van der Waals surface area (Å²) in [5, 5.41) is 10.2. The number of benzene rings is 1. The molecule has 3 aromatic heterocycles. The molecule has 6 heteroatoms. The van der Waals surface area contributed by atoms with Gasteiger partial charge in [0.2, 0.25) is 5.88 Å². The Morgan fingerprint density at radius 2 is 1.96 bits per heavy atom. The van der Waals surface area contributed by atoms with Crippen LogP contribution in [-0.4, -0.2) is 15.0 Å². The van der Waals surface area contributed by atoms with Gasteiger partial charge in [0.15, 0.2) is 5.69 Å². The largest absolute Gasteiger partial charge is 0.464 e. The molecule has 0 fully saturated rings. The number of pyridine rings is 1. The highest BCUT2D eigenvalue weighted by molar-refractivity contribution is 5.82. The normalized spacial score (nSPS) is 10.7. The first kappa shape index (κ1) is 15.8. The topological polar surface area (TPSA) is 84.8 Å². The minimum Gasteiger partial charge on any atom is -0.464 e. The van der Waals surface area contributed by atoms with Crippen molar-refractivity contribution in [2.45, 2.75) is 13.8 Å². The number of fused-ring (bicyclic) bond motifs is 1. The molecule has 0 spiro atoms. The molecule has 0 bridgehead atoms. The van der Waals surface area contributed by atoms with Crippen molar-refractivity contribution in [3.63, 3.8) is 0 Å². The summed E-state index contributed by atoms with van der Waals surface area (Å²) in [6.45, 7) is 3.83. The van der Waals surface area contributed by atoms with Crippen LogP contribution >= 0.6 is 0 Å². The Morgan fingerprint density at radius 1 is 1.08 bits per heavy atom. The molecule has 4 aromatic rings. The van der Waals surface area contributed by atoms with Crippen LogP contribution in [0.3, 0.4) is 0 Å². The smallest absolute Gasteiger partial charge is 0.230 e. The molecule has 0 saturated heterocycles. The van der Waals surface area contributed by atoms with Crippen LogP contribution in [0.4, 0.5) is 0 Å². The van der Waals surface area contributed by atoms with E-state index in [0.29, 0.717) is 17.3 Å². The van der Waals surface area contributed by atoms with Crippen LogP contribution in [0.5, 0.6) is 11.6 Å². The Hall–Kier alpha value is -3.72. The maximum atomic E-state index is 9.34. The van der Waals surface area contributed by atoms with Crippen LogP contribution in [0.15, 0.2) is 53.5 Å². The fourth-order valence-corrected chi connectivity index (χ4v) is 2.92. The van der Waals surface area contributed by atoms with E-state index >= 15 is 0 Å². The molecule has 0 aliphatic heterocycles. The van der Waals surface area contributed by atoms with Gasteiger partial charge in [-0.3, -0.25) is 0 Å². The lowest BCUT2D eigenvalue weighted by Crippen LogP contribution is -1.97. The molecule has 0 atom stereocenters. The van der Waals surface area contributed by atoms with Crippen LogP contribution in [0, 0.1) is 25.2 Å². The number of aryl methyl sites for hydroxylation is 2. The second-order valence-electron chi connectivity index (χ2n) is 5.82. The zero-order valence-electron chi connectivity index (χ0n) is 14.2. The molecular weight excluding hydrogens is 328 g/mol. The highest BCUT2D eigenvalue weighted by Gasteiger charge is 2.14. The minimum atomic E-state index is 0.360. The van der Waals surface area contributed by atoms with Crippen molar-refractivity contribution in [3.05, 3.63) is 66.1 Å². The molecule has 26 heavy (non-hydrogen) atoms. The number of hydrogen-bond donors (Lipinski definition) is 0. The van der Waals surface area contributed by atoms with Crippen molar-refractivity contribution >= 4 is 11.0 Å². The van der Waals surface area contributed by atoms with Crippen molar-refractivity contribution in [1.82, 2.24) is 15.0 Å². The molecule has 126 valence electrons. The first-order chi connectivity index (χ1) is 12.7. The van der Waals surface area contributed by atoms with Gasteiger partial charge in [-0.1, -0.05) is 6.07 Å². The summed E-state index contributed by atoms with van der Waals surface area (Å²) in [5.41, 5.74) is 4.45. The number of aromatic nitrogens is 3. The molecule has 0 aliphatic rings. The van der Waals surface area contributed by atoms with Crippen molar-refractivity contribution in [2.24, 2.45) is 0 Å². The molecule has 1 aromatic carbocycles. The number of hydrogen-bond acceptors (Lipinski definition) is 6. The maximum absolute atomic E-state index is 9.34. The first-order valence-corrected chi connectivity index (χ1v) is 8.00. The van der Waals surface area contributed by atoms with Crippen molar-refractivity contribution in [2.75, 3.05) is 0 Å². The summed E-state index contributed by atoms with van der Waals surface area (Å²) in [4.78, 5) is 12.6. The maximum Gasteiger partial charge on any atom is 0.230 e. The molecule has 0 N–H and O–H groups in total. The standard InChI is InChI=1S/C20H14N4O2/c1-12-9-14(26-20-16-6-8-25-18(16)5-7-22-20)3-4-15(12)19-13(2)23-11-24-17(19)10-21/h3-9,11H,1-2H3. The molecule has 0 aliphatic carbocycles. The predicted octanol–water partition coefficient (Wildman–Crippen LogP) is 4.57. The van der Waals surface area contributed by atoms with Gasteiger partial charge in [0.1, 0.15) is 23.7 Å². The molecule has 6 nitrogen and oxygen atoms in total. The van der Waals surface area contributed by atoms with E-state index < -0.39 is 0 Å². The molecule has 3 heterocycles. The monoisotopic (exact) mass is 342 g/mol. The van der Waals surface area contributed by atoms with Gasteiger partial charge >= 0.3 is 0 Å². The van der Waals surface area contributed by atoms with Crippen LogP contribution in [0.1, 0.15) is 17.0 Å². The highest BCUT2D eigenvalue weighted by atomic mass is 16.5. The fraction of sp³-hybridized carbons (Fsp3) is 0.100. The van der Waals surface area contributed by atoms with Crippen LogP contribution < -0.4 is 4.74 Å². The zero-order valence-corrected chi connectivity index (χ0v) is 14.2. The van der Waals surface area contributed by atoms with E-state index in [-0.39, 0.29) is 0 Å². The number of ether oxygens (including phenoxy) is 1. The lowest BCUT2D eigenvalue weighted by molar-refractivity contribution is 0.468. The summed E-state index contributed by atoms with van der Waals surface area (Å²) >= 11 is 0. The number of nitrogens with zero attached hydrogens (tertiary/aromatic N) is 4. The molecule has 4 rings (SSSR count). The Labute approximate surface area is 149 Å². The Bertz CT molecular complexity index is 1160. The number of nitriles is 1. The second kappa shape index (κ2) is 6.30. The third-order valence-electron chi connectivity index (χ3n) is 4.17. The van der Waals surface area contributed by atoms with Gasteiger partial charge in [-0.2, -0.15) is 5.26 Å². The van der Waals surface area contributed by atoms with E-state index in [1.165, 1.54) is 6.33 Å². The molecule has 0 radical (unpaired) electrons. The number of furan rings is 1. The van der Waals surface area contributed by atoms with E-state index in [9.17, 15) is 5.26 Å². The predicted molar refractivity (Wildman–Crippen MR) is 95.7 cm³/mol. The van der Waals surface area contributed by atoms with E-state index in [1.807, 2.05) is 38.1 Å². The zero-order chi connectivity index (χ0) is 18.1. The molecular formula is C20H14N4O2. The lowest BCUT2D eigenvalue weighted by atomic mass is 9.98. The Morgan fingerprint density at radius 3 is 2.77 bits per heavy atom. The molecule has 0 amide bonds. The summed E-state index contributed by atoms with van der Waals surface area (Å²) in [6, 6.07) is 11.4. The van der Waals surface area contributed by atoms with Crippen molar-refractivity contribution in [3.8, 4) is 28.8 Å². The summed E-state index contributed by atoms with van der Waals surface area (Å²) < 4.78 is 11.3. The van der Waals surface area contributed by atoms with Crippen LogP contribution in [-0.2, 0) is 0 Å². The first-order valence-electron chi connectivity index (χ1n) is 8.00. The number of rotatable bonds is 3. The quantitative estimate of drug-likeness (QED) is 0.542. The van der Waals surface area contributed by atoms with Crippen LogP contribution in [0.2, 0.25) is 0 Å². The molecule has 0 saturated carbocycles. The third-order valence-corrected chi connectivity index (χ3v) is 4.17. The van der Waals surface area contributed by atoms with Gasteiger partial charge in [-0.15, -0.1) is 0 Å². The van der Waals surface area contributed by atoms with E-state index in [0.717, 1.165) is 33.4 Å². The SMILES string of the molecule is Cc1cc(Oc2nccc3occc23)ccc1-c1c(C)ncnc1C#N. The lowest BCUT2D eigenvalue weighted by Gasteiger charge is -2.12. The van der Waals surface area contributed by atoms with Crippen molar-refractivity contribution in [1.29, 1.82) is 5.26 Å². The van der Waals surface area contributed by atoms with E-state index in [1.54, 1.807) is 18.5 Å². The van der Waals surface area contributed by atoms with Gasteiger partial charge in [0, 0.05) is 17.5 Å². The fourth-order valence-electron chi connectivity index (χ4n) is 2.92. The minimum absolute atomic E-state index is 0.360. The summed E-state index contributed by atoms with van der Waals surface area (Å²) in [5.74, 6) is 1.14. The van der Waals surface area contributed by atoms with E-state index in [2.05, 4.69) is 21.0 Å². The second-order valence-corrected chi connectivity index (χ2v) is 5.82. The Balaban J connectivity index is 1.74. The van der Waals surface area contributed by atoms with E-state index in [4.69, 9.17) is 9.15 Å². The van der Waals surface area contributed by atoms with Gasteiger partial charge in [-0.05, 0) is 49.2 Å². The average molecular weight is 342 g/mol. The molecule has 0 unspecified atom stereocenters. The third kappa shape index (κ3) is 2.66. The Kier molecular flexibility index (Phi) is 3.82. The summed E-state index contributed by atoms with van der Waals surface area (Å²) in [6.07, 6.45) is 4.66. The van der Waals surface area contributed by atoms with Gasteiger partial charge in [0.05, 0.1) is 11.6 Å². The van der Waals surface area contributed by atoms with Crippen LogP contribution in [0.25, 0.3) is 22.1 Å². The highest BCUT2D eigenvalue weighted by Crippen LogP contribution is 2.33. The van der Waals surface area contributed by atoms with Crippen molar-refractivity contribution < 1.29 is 9.15 Å².